The normalized spacial score (nSPS) is 10.8. The molecule has 4 aromatic rings. The predicted molar refractivity (Wildman–Crippen MR) is 91.4 cm³/mol. The monoisotopic (exact) mass is 334 g/mol. The summed E-state index contributed by atoms with van der Waals surface area (Å²) in [5, 5.41) is 0.774. The van der Waals surface area contributed by atoms with E-state index in [1.807, 2.05) is 12.1 Å². The second-order valence-corrected chi connectivity index (χ2v) is 5.44. The van der Waals surface area contributed by atoms with Gasteiger partial charge in [-0.05, 0) is 54.6 Å². The summed E-state index contributed by atoms with van der Waals surface area (Å²) in [6.07, 6.45) is -0.764. The molecule has 0 saturated carbocycles. The lowest BCUT2D eigenvalue weighted by Gasteiger charge is -2.08. The lowest BCUT2D eigenvalue weighted by Crippen LogP contribution is -1.95. The number of hydrogen-bond acceptors (Lipinski definition) is 3. The summed E-state index contributed by atoms with van der Waals surface area (Å²) in [4.78, 5) is 7.74. The van der Waals surface area contributed by atoms with Gasteiger partial charge in [-0.1, -0.05) is 18.2 Å². The van der Waals surface area contributed by atoms with Crippen molar-refractivity contribution in [2.24, 2.45) is 0 Å². The van der Waals surface area contributed by atoms with Crippen LogP contribution in [0.25, 0.3) is 22.2 Å². The molecular weight excluding hydrogens is 322 g/mol. The summed E-state index contributed by atoms with van der Waals surface area (Å²) in [6, 6.07) is 20.1. The van der Waals surface area contributed by atoms with Gasteiger partial charge in [0.25, 0.3) is 0 Å². The van der Waals surface area contributed by atoms with E-state index in [1.54, 1.807) is 48.5 Å². The maximum Gasteiger partial charge on any atom is 0.309 e. The van der Waals surface area contributed by atoms with Crippen molar-refractivity contribution in [3.8, 4) is 22.8 Å². The number of benzene rings is 3. The summed E-state index contributed by atoms with van der Waals surface area (Å²) in [6.45, 7) is 0. The maximum atomic E-state index is 13.7. The largest absolute Gasteiger partial charge is 0.457 e. The summed E-state index contributed by atoms with van der Waals surface area (Å²) < 4.78 is 32.3. The van der Waals surface area contributed by atoms with Gasteiger partial charge in [-0.3, -0.25) is 0 Å². The van der Waals surface area contributed by atoms with E-state index in [0.29, 0.717) is 22.7 Å². The molecule has 0 saturated heterocycles. The molecule has 0 atom stereocenters. The molecule has 0 N–H and O–H groups in total. The van der Waals surface area contributed by atoms with Gasteiger partial charge < -0.3 is 4.74 Å². The first kappa shape index (κ1) is 15.2. The highest BCUT2D eigenvalue weighted by molar-refractivity contribution is 5.92. The first-order valence-corrected chi connectivity index (χ1v) is 7.65. The molecule has 0 radical (unpaired) electrons. The van der Waals surface area contributed by atoms with Crippen molar-refractivity contribution in [1.29, 1.82) is 0 Å². The molecule has 0 unspecified atom stereocenters. The van der Waals surface area contributed by atoms with Crippen LogP contribution in [0.2, 0.25) is 0 Å². The predicted octanol–water partition coefficient (Wildman–Crippen LogP) is 5.37. The van der Waals surface area contributed by atoms with Gasteiger partial charge >= 0.3 is 6.08 Å². The van der Waals surface area contributed by atoms with Crippen LogP contribution in [0, 0.1) is 11.9 Å². The second kappa shape index (κ2) is 6.28. The number of fused-ring (bicyclic) bond motifs is 1. The first-order chi connectivity index (χ1) is 12.2. The Morgan fingerprint density at radius 2 is 1.32 bits per heavy atom. The lowest BCUT2D eigenvalue weighted by atomic mass is 10.1. The Kier molecular flexibility index (Phi) is 3.82. The Morgan fingerprint density at radius 1 is 0.680 bits per heavy atom. The van der Waals surface area contributed by atoms with E-state index in [-0.39, 0.29) is 5.82 Å². The van der Waals surface area contributed by atoms with Crippen molar-refractivity contribution in [3.63, 3.8) is 0 Å². The van der Waals surface area contributed by atoms with Crippen LogP contribution in [0.3, 0.4) is 0 Å². The summed E-state index contributed by atoms with van der Waals surface area (Å²) in [5.41, 5.74) is 1.83. The molecular formula is C20H12F2N2O. The van der Waals surface area contributed by atoms with E-state index in [0.717, 1.165) is 10.9 Å². The van der Waals surface area contributed by atoms with Crippen LogP contribution < -0.4 is 4.74 Å². The van der Waals surface area contributed by atoms with Gasteiger partial charge in [-0.15, -0.1) is 0 Å². The van der Waals surface area contributed by atoms with Crippen LogP contribution in [-0.4, -0.2) is 9.97 Å². The fourth-order valence-corrected chi connectivity index (χ4v) is 2.59. The van der Waals surface area contributed by atoms with Crippen LogP contribution in [-0.2, 0) is 0 Å². The van der Waals surface area contributed by atoms with Crippen molar-refractivity contribution in [1.82, 2.24) is 9.97 Å². The molecule has 0 aliphatic rings. The molecule has 0 spiro atoms. The van der Waals surface area contributed by atoms with E-state index in [4.69, 9.17) is 4.74 Å². The summed E-state index contributed by atoms with van der Waals surface area (Å²) in [5.74, 6) is 0.808. The van der Waals surface area contributed by atoms with E-state index < -0.39 is 6.08 Å². The number of ether oxygens (including phenoxy) is 1. The zero-order valence-corrected chi connectivity index (χ0v) is 13.0. The number of para-hydroxylation sites is 1. The van der Waals surface area contributed by atoms with E-state index in [2.05, 4.69) is 9.97 Å². The standard InChI is InChI=1S/C20H12F2N2O/c21-14-7-11-16(12-8-14)25-15-9-5-13(6-10-15)19-17-3-1-2-4-18(17)23-20(22)24-19/h1-12H. The third-order valence-corrected chi connectivity index (χ3v) is 3.75. The Hall–Kier alpha value is -3.34. The number of rotatable bonds is 3. The molecule has 4 rings (SSSR count). The molecule has 3 nitrogen and oxygen atoms in total. The molecule has 25 heavy (non-hydrogen) atoms. The fraction of sp³-hybridized carbons (Fsp3) is 0. The van der Waals surface area contributed by atoms with Crippen molar-refractivity contribution >= 4 is 10.9 Å². The molecule has 0 fully saturated rings. The SMILES string of the molecule is Fc1ccc(Oc2ccc(-c3nc(F)nc4ccccc34)cc2)cc1. The smallest absolute Gasteiger partial charge is 0.309 e. The molecule has 0 amide bonds. The van der Waals surface area contributed by atoms with E-state index in [1.165, 1.54) is 12.1 Å². The molecule has 0 aliphatic carbocycles. The van der Waals surface area contributed by atoms with Crippen LogP contribution in [0.1, 0.15) is 0 Å². The molecule has 3 aromatic carbocycles. The first-order valence-electron chi connectivity index (χ1n) is 7.65. The Labute approximate surface area is 142 Å². The Bertz CT molecular complexity index is 1030. The van der Waals surface area contributed by atoms with Crippen LogP contribution in [0.15, 0.2) is 72.8 Å². The number of hydrogen-bond donors (Lipinski definition) is 0. The molecule has 0 aliphatic heterocycles. The zero-order chi connectivity index (χ0) is 17.2. The minimum absolute atomic E-state index is 0.319. The Balaban J connectivity index is 1.67. The van der Waals surface area contributed by atoms with Crippen molar-refractivity contribution in [2.75, 3.05) is 0 Å². The third-order valence-electron chi connectivity index (χ3n) is 3.75. The number of halogens is 2. The highest BCUT2D eigenvalue weighted by atomic mass is 19.1. The van der Waals surface area contributed by atoms with Gasteiger partial charge in [0.1, 0.15) is 17.3 Å². The molecule has 122 valence electrons. The van der Waals surface area contributed by atoms with Crippen LogP contribution >= 0.6 is 0 Å². The van der Waals surface area contributed by atoms with Gasteiger partial charge in [0.05, 0.1) is 11.2 Å². The molecule has 0 bridgehead atoms. The summed E-state index contributed by atoms with van der Waals surface area (Å²) >= 11 is 0. The van der Waals surface area contributed by atoms with Gasteiger partial charge in [0, 0.05) is 10.9 Å². The average Bonchev–Trinajstić information content (AvgIpc) is 2.63. The van der Waals surface area contributed by atoms with E-state index in [9.17, 15) is 8.78 Å². The number of nitrogens with zero attached hydrogens (tertiary/aromatic N) is 2. The van der Waals surface area contributed by atoms with Crippen LogP contribution in [0.4, 0.5) is 8.78 Å². The summed E-state index contributed by atoms with van der Waals surface area (Å²) in [7, 11) is 0. The zero-order valence-electron chi connectivity index (χ0n) is 13.0. The minimum Gasteiger partial charge on any atom is -0.457 e. The molecule has 1 heterocycles. The topological polar surface area (TPSA) is 35.0 Å². The van der Waals surface area contributed by atoms with Crippen molar-refractivity contribution in [3.05, 3.63) is 84.7 Å². The number of aromatic nitrogens is 2. The Morgan fingerprint density at radius 3 is 2.04 bits per heavy atom. The highest BCUT2D eigenvalue weighted by Gasteiger charge is 2.09. The van der Waals surface area contributed by atoms with Gasteiger partial charge in [-0.2, -0.15) is 4.39 Å². The van der Waals surface area contributed by atoms with Gasteiger partial charge in [-0.25, -0.2) is 14.4 Å². The quantitative estimate of drug-likeness (QED) is 0.473. The maximum absolute atomic E-state index is 13.7. The fourth-order valence-electron chi connectivity index (χ4n) is 2.59. The highest BCUT2D eigenvalue weighted by Crippen LogP contribution is 2.29. The molecule has 5 heteroatoms. The third kappa shape index (κ3) is 3.17. The van der Waals surface area contributed by atoms with Gasteiger partial charge in [0.2, 0.25) is 0 Å². The van der Waals surface area contributed by atoms with Crippen LogP contribution in [0.5, 0.6) is 11.5 Å². The average molecular weight is 334 g/mol. The van der Waals surface area contributed by atoms with Crippen molar-refractivity contribution in [2.45, 2.75) is 0 Å². The second-order valence-electron chi connectivity index (χ2n) is 5.44. The van der Waals surface area contributed by atoms with E-state index >= 15 is 0 Å². The minimum atomic E-state index is -0.764. The lowest BCUT2D eigenvalue weighted by molar-refractivity contribution is 0.480. The molecule has 1 aromatic heterocycles. The van der Waals surface area contributed by atoms with Crippen molar-refractivity contribution < 1.29 is 13.5 Å². The van der Waals surface area contributed by atoms with Gasteiger partial charge in [0.15, 0.2) is 0 Å².